The van der Waals surface area contributed by atoms with Gasteiger partial charge in [0.25, 0.3) is 0 Å². The van der Waals surface area contributed by atoms with Crippen LogP contribution in [0.1, 0.15) is 0 Å². The molecule has 0 aliphatic rings. The monoisotopic (exact) mass is 249 g/mol. The number of carbonyl (C=O) groups is 4. The van der Waals surface area contributed by atoms with E-state index in [1.54, 1.807) is 20.0 Å². The van der Waals surface area contributed by atoms with E-state index in [4.69, 9.17) is 0 Å². The van der Waals surface area contributed by atoms with Gasteiger partial charge >= 0.3 is 77.2 Å². The average Bonchev–Trinajstić information content (AvgIpc) is 2.08. The summed E-state index contributed by atoms with van der Waals surface area (Å²) in [4.78, 5) is 43.6. The molecule has 4 nitrogen and oxygen atoms in total. The topological polar surface area (TPSA) is 68.3 Å². The molecule has 0 bridgehead atoms. The Balaban J connectivity index is 5.92. The van der Waals surface area contributed by atoms with Gasteiger partial charge in [-0.15, -0.1) is 0 Å². The first-order valence-electron chi connectivity index (χ1n) is 3.44. The second-order valence-electron chi connectivity index (χ2n) is 3.48. The first-order valence-corrected chi connectivity index (χ1v) is 11.0. The van der Waals surface area contributed by atoms with Crippen LogP contribution < -0.4 is 0 Å². The summed E-state index contributed by atoms with van der Waals surface area (Å²) in [6.07, 6.45) is 0. The summed E-state index contributed by atoms with van der Waals surface area (Å²) in [5, 5.41) is 1.23. The van der Waals surface area contributed by atoms with Crippen molar-refractivity contribution in [1.82, 2.24) is 0 Å². The molecule has 13 heavy (non-hydrogen) atoms. The number of rotatable bonds is 5. The molecule has 0 rings (SSSR count). The zero-order valence-electron chi connectivity index (χ0n) is 7.80. The van der Waals surface area contributed by atoms with Crippen LogP contribution in [-0.2, 0) is 30.5 Å². The van der Waals surface area contributed by atoms with E-state index in [0.29, 0.717) is 20.7 Å². The standard InChI is InChI=1S/C3H9P.4CHO.Fe/c1-4(2)3;4*1-2;/h1-3H3;4*1H;/q;;;;;-1/p+1. The SMILES string of the molecule is C[PH](C)(C)[Fe]([CH]=O)([CH]=O)([CH]=O)[CH]=O. The van der Waals surface area contributed by atoms with Gasteiger partial charge in [-0.25, -0.2) is 0 Å². The molecule has 0 aromatic heterocycles. The molecule has 0 saturated heterocycles. The third kappa shape index (κ3) is 1.41. The Hall–Kier alpha value is -0.371. The van der Waals surface area contributed by atoms with Gasteiger partial charge < -0.3 is 0 Å². The molecule has 0 amide bonds. The van der Waals surface area contributed by atoms with Gasteiger partial charge in [-0.3, -0.25) is 0 Å². The Morgan fingerprint density at radius 2 is 1.00 bits per heavy atom. The van der Waals surface area contributed by atoms with E-state index in [2.05, 4.69) is 0 Å². The van der Waals surface area contributed by atoms with Gasteiger partial charge in [0.2, 0.25) is 0 Å². The van der Waals surface area contributed by atoms with Gasteiger partial charge in [-0.05, 0) is 0 Å². The average molecular weight is 249 g/mol. The van der Waals surface area contributed by atoms with E-state index < -0.39 is 17.3 Å². The zero-order chi connectivity index (χ0) is 10.8. The van der Waals surface area contributed by atoms with E-state index in [0.717, 1.165) is 0 Å². The molecule has 6 heteroatoms. The van der Waals surface area contributed by atoms with Crippen molar-refractivity contribution in [1.29, 1.82) is 0 Å². The molecule has 0 unspecified atom stereocenters. The molecule has 0 aromatic carbocycles. The molecule has 0 spiro atoms. The van der Waals surface area contributed by atoms with Crippen LogP contribution in [0.15, 0.2) is 0 Å². The maximum atomic E-state index is 10.9. The Morgan fingerprint density at radius 3 is 1.00 bits per heavy atom. The van der Waals surface area contributed by atoms with Crippen LogP contribution in [0.5, 0.6) is 0 Å². The van der Waals surface area contributed by atoms with Crippen molar-refractivity contribution in [2.45, 2.75) is 0 Å². The molecule has 0 fully saturated rings. The molecule has 0 saturated carbocycles. The Labute approximate surface area is 77.6 Å². The minimum atomic E-state index is -4.13. The zero-order valence-corrected chi connectivity index (χ0v) is 9.90. The second-order valence-corrected chi connectivity index (χ2v) is 20.4. The number of carbonyl (C=O) groups excluding carboxylic acids is 4. The molecule has 0 radical (unpaired) electrons. The van der Waals surface area contributed by atoms with E-state index in [1.807, 2.05) is 0 Å². The summed E-state index contributed by atoms with van der Waals surface area (Å²) in [5.74, 6) is -2.42. The molecular weight excluding hydrogens is 235 g/mol. The first-order chi connectivity index (χ1) is 5.82. The summed E-state index contributed by atoms with van der Waals surface area (Å²) in [5.41, 5.74) is 0. The van der Waals surface area contributed by atoms with Crippen molar-refractivity contribution in [3.63, 3.8) is 0 Å². The molecule has 0 aliphatic heterocycles. The summed E-state index contributed by atoms with van der Waals surface area (Å²) in [7, 11) is 0. The van der Waals surface area contributed by atoms with Crippen LogP contribution in [0, 0.1) is 0 Å². The second kappa shape index (κ2) is 3.41. The summed E-state index contributed by atoms with van der Waals surface area (Å²) in [6.45, 7) is 5.05. The summed E-state index contributed by atoms with van der Waals surface area (Å²) in [6, 6.07) is 0. The van der Waals surface area contributed by atoms with Crippen LogP contribution in [0.3, 0.4) is 0 Å². The normalized spacial score (nSPS) is 16.4. The van der Waals surface area contributed by atoms with Crippen molar-refractivity contribution in [3.05, 3.63) is 0 Å². The van der Waals surface area contributed by atoms with Crippen LogP contribution in [0.4, 0.5) is 0 Å². The van der Waals surface area contributed by atoms with Crippen molar-refractivity contribution >= 4 is 26.7 Å². The molecular formula is C7H14FeO4P. The molecule has 0 N–H and O–H groups in total. The van der Waals surface area contributed by atoms with Gasteiger partial charge in [0, 0.05) is 0 Å². The van der Waals surface area contributed by atoms with Gasteiger partial charge in [0.05, 0.1) is 0 Å². The van der Waals surface area contributed by atoms with Crippen molar-refractivity contribution in [2.75, 3.05) is 20.0 Å². The minimum absolute atomic E-state index is 0.308. The Bertz CT molecular complexity index is 225. The van der Waals surface area contributed by atoms with E-state index in [9.17, 15) is 19.2 Å². The fourth-order valence-electron chi connectivity index (χ4n) is 0.618. The number of hydrogen-bond donors (Lipinski definition) is 0. The molecule has 0 atom stereocenters. The molecule has 79 valence electrons. The quantitative estimate of drug-likeness (QED) is 0.390. The van der Waals surface area contributed by atoms with Crippen LogP contribution in [0.2, 0.25) is 0 Å². The van der Waals surface area contributed by atoms with E-state index in [-0.39, 0.29) is 0 Å². The van der Waals surface area contributed by atoms with Gasteiger partial charge in [-0.1, -0.05) is 0 Å². The van der Waals surface area contributed by atoms with E-state index in [1.165, 1.54) is 0 Å². The summed E-state index contributed by atoms with van der Waals surface area (Å²) < 4.78 is 0. The van der Waals surface area contributed by atoms with E-state index >= 15 is 0 Å². The third-order valence-electron chi connectivity index (χ3n) is 1.97. The maximum absolute atomic E-state index is 10.9. The van der Waals surface area contributed by atoms with Gasteiger partial charge in [0.1, 0.15) is 0 Å². The van der Waals surface area contributed by atoms with Gasteiger partial charge in [-0.2, -0.15) is 0 Å². The third-order valence-corrected chi connectivity index (χ3v) is 19.6. The predicted octanol–water partition coefficient (Wildman–Crippen LogP) is -0.00890. The van der Waals surface area contributed by atoms with Crippen LogP contribution in [-0.4, -0.2) is 40.7 Å². The fourth-order valence-corrected chi connectivity index (χ4v) is 6.67. The van der Waals surface area contributed by atoms with Crippen molar-refractivity contribution in [3.8, 4) is 0 Å². The fraction of sp³-hybridized carbons (Fsp3) is 0.429. The van der Waals surface area contributed by atoms with Crippen molar-refractivity contribution < 1.29 is 30.5 Å². The van der Waals surface area contributed by atoms with Gasteiger partial charge in [0.15, 0.2) is 0 Å². The van der Waals surface area contributed by atoms with Crippen LogP contribution in [0.25, 0.3) is 0 Å². The van der Waals surface area contributed by atoms with Crippen molar-refractivity contribution in [2.24, 2.45) is 0 Å². The Morgan fingerprint density at radius 1 is 0.769 bits per heavy atom. The Kier molecular flexibility index (Phi) is 3.31. The molecule has 0 aromatic rings. The molecule has 0 aliphatic carbocycles. The first kappa shape index (κ1) is 12.6. The number of hydrogen-bond acceptors (Lipinski definition) is 4. The predicted molar refractivity (Wildman–Crippen MR) is 53.1 cm³/mol. The summed E-state index contributed by atoms with van der Waals surface area (Å²) >= 11 is -4.13. The molecule has 0 heterocycles. The van der Waals surface area contributed by atoms with Crippen LogP contribution >= 0.6 is 5.95 Å².